The number of aromatic nitrogens is 2. The Morgan fingerprint density at radius 3 is 2.45 bits per heavy atom. The first-order valence-corrected chi connectivity index (χ1v) is 9.95. The lowest BCUT2D eigenvalue weighted by Crippen LogP contribution is -2.63. The number of likely N-dealkylation sites (N-methyl/N-ethyl adjacent to an activating group) is 1. The van der Waals surface area contributed by atoms with Gasteiger partial charge in [-0.3, -0.25) is 14.6 Å². The van der Waals surface area contributed by atoms with E-state index in [1.807, 2.05) is 61.1 Å². The molecular formula is C21H26N5O3+. The molecule has 1 atom stereocenters. The lowest BCUT2D eigenvalue weighted by Gasteiger charge is -2.33. The highest BCUT2D eigenvalue weighted by molar-refractivity contribution is 6.19. The van der Waals surface area contributed by atoms with Gasteiger partial charge in [-0.05, 0) is 51.5 Å². The van der Waals surface area contributed by atoms with Crippen LogP contribution in [-0.2, 0) is 4.79 Å². The zero-order valence-electron chi connectivity index (χ0n) is 17.5. The van der Waals surface area contributed by atoms with E-state index in [1.54, 1.807) is 7.05 Å². The van der Waals surface area contributed by atoms with Gasteiger partial charge in [0, 0.05) is 13.6 Å². The number of amides is 3. The summed E-state index contributed by atoms with van der Waals surface area (Å²) in [4.78, 5) is 33.4. The van der Waals surface area contributed by atoms with E-state index < -0.39 is 6.04 Å². The monoisotopic (exact) mass is 396 g/mol. The van der Waals surface area contributed by atoms with Crippen LogP contribution in [0.4, 0.5) is 10.7 Å². The number of fused-ring (bicyclic) bond motifs is 3. The number of carbonyl (C=O) groups excluding carboxylic acids is 2. The van der Waals surface area contributed by atoms with E-state index in [1.165, 1.54) is 9.80 Å². The second kappa shape index (κ2) is 7.02. The summed E-state index contributed by atoms with van der Waals surface area (Å²) in [5, 5.41) is 0. The van der Waals surface area contributed by atoms with E-state index in [9.17, 15) is 9.59 Å². The molecule has 1 aromatic heterocycles. The van der Waals surface area contributed by atoms with Gasteiger partial charge in [0.2, 0.25) is 11.9 Å². The van der Waals surface area contributed by atoms with Crippen LogP contribution in [0.25, 0.3) is 5.69 Å². The van der Waals surface area contributed by atoms with Crippen molar-refractivity contribution in [1.82, 2.24) is 14.4 Å². The van der Waals surface area contributed by atoms with Gasteiger partial charge in [0.15, 0.2) is 0 Å². The summed E-state index contributed by atoms with van der Waals surface area (Å²) in [5.41, 5.74) is 2.88. The van der Waals surface area contributed by atoms with E-state index in [0.717, 1.165) is 22.8 Å². The normalized spacial score (nSPS) is 18.1. The predicted octanol–water partition coefficient (Wildman–Crippen LogP) is 2.67. The van der Waals surface area contributed by atoms with Crippen molar-refractivity contribution < 1.29 is 18.9 Å². The van der Waals surface area contributed by atoms with Crippen molar-refractivity contribution in [3.05, 3.63) is 35.7 Å². The van der Waals surface area contributed by atoms with Gasteiger partial charge < -0.3 is 4.74 Å². The molecule has 2 aliphatic rings. The van der Waals surface area contributed by atoms with Crippen LogP contribution in [0.1, 0.15) is 37.7 Å². The van der Waals surface area contributed by atoms with Crippen LogP contribution in [0.2, 0.25) is 0 Å². The molecule has 0 saturated carbocycles. The molecule has 8 heteroatoms. The number of rotatable bonds is 5. The summed E-state index contributed by atoms with van der Waals surface area (Å²) in [6, 6.07) is 6.86. The lowest BCUT2D eigenvalue weighted by molar-refractivity contribution is -0.682. The molecule has 4 rings (SSSR count). The minimum atomic E-state index is -0.609. The second-order valence-corrected chi connectivity index (χ2v) is 7.31. The number of ether oxygens (including phenoxy) is 1. The number of urea groups is 1. The van der Waals surface area contributed by atoms with Crippen molar-refractivity contribution in [1.29, 1.82) is 0 Å². The minimum Gasteiger partial charge on any atom is -0.494 e. The van der Waals surface area contributed by atoms with Gasteiger partial charge in [0.25, 0.3) is 5.91 Å². The second-order valence-electron chi connectivity index (χ2n) is 7.31. The minimum absolute atomic E-state index is 0.218. The Bertz CT molecular complexity index is 1020. The fraction of sp³-hybridized carbons (Fsp3) is 0.429. The van der Waals surface area contributed by atoms with E-state index >= 15 is 0 Å². The number of benzene rings is 1. The van der Waals surface area contributed by atoms with Gasteiger partial charge in [-0.1, -0.05) is 11.9 Å². The van der Waals surface area contributed by atoms with Crippen LogP contribution in [0.3, 0.4) is 0 Å². The van der Waals surface area contributed by atoms with Gasteiger partial charge in [-0.25, -0.2) is 9.36 Å². The molecule has 8 nitrogen and oxygen atoms in total. The number of nitrogens with zero attached hydrogens (tertiary/aromatic N) is 5. The van der Waals surface area contributed by atoms with Crippen molar-refractivity contribution in [3.8, 4) is 11.4 Å². The molecule has 0 N–H and O–H groups in total. The fourth-order valence-corrected chi connectivity index (χ4v) is 4.03. The zero-order chi connectivity index (χ0) is 20.9. The number of imidazole rings is 1. The molecule has 2 aliphatic heterocycles. The van der Waals surface area contributed by atoms with Crippen molar-refractivity contribution in [2.45, 2.75) is 40.2 Å². The van der Waals surface area contributed by atoms with Crippen LogP contribution in [-0.4, -0.2) is 52.3 Å². The summed E-state index contributed by atoms with van der Waals surface area (Å²) in [6.45, 7) is 8.91. The van der Waals surface area contributed by atoms with Crippen LogP contribution in [0.5, 0.6) is 5.75 Å². The number of aliphatic imine (C=N–C) groups is 1. The Kier molecular flexibility index (Phi) is 4.64. The van der Waals surface area contributed by atoms with E-state index in [-0.39, 0.29) is 11.9 Å². The Hall–Kier alpha value is -3.16. The Balaban J connectivity index is 1.84. The first-order valence-electron chi connectivity index (χ1n) is 9.95. The van der Waals surface area contributed by atoms with E-state index in [4.69, 9.17) is 9.73 Å². The summed E-state index contributed by atoms with van der Waals surface area (Å²) < 4.78 is 9.50. The summed E-state index contributed by atoms with van der Waals surface area (Å²) in [7, 11) is 1.68. The average molecular weight is 396 g/mol. The van der Waals surface area contributed by atoms with Crippen molar-refractivity contribution >= 4 is 23.7 Å². The molecule has 0 aliphatic carbocycles. The van der Waals surface area contributed by atoms with Crippen LogP contribution in [0.15, 0.2) is 29.3 Å². The molecule has 1 aromatic carbocycles. The van der Waals surface area contributed by atoms with Crippen molar-refractivity contribution in [2.75, 3.05) is 20.2 Å². The Labute approximate surface area is 170 Å². The molecule has 1 saturated heterocycles. The molecule has 3 heterocycles. The topological polar surface area (TPSA) is 71.0 Å². The first kappa shape index (κ1) is 19.2. The Morgan fingerprint density at radius 2 is 1.83 bits per heavy atom. The van der Waals surface area contributed by atoms with Gasteiger partial charge in [-0.15, -0.1) is 0 Å². The maximum absolute atomic E-state index is 13.2. The molecule has 1 unspecified atom stereocenters. The maximum atomic E-state index is 13.2. The highest BCUT2D eigenvalue weighted by Crippen LogP contribution is 2.33. The lowest BCUT2D eigenvalue weighted by atomic mass is 10.1. The molecule has 2 aromatic rings. The largest absolute Gasteiger partial charge is 0.494 e. The van der Waals surface area contributed by atoms with Gasteiger partial charge in [0.05, 0.1) is 6.61 Å². The van der Waals surface area contributed by atoms with Gasteiger partial charge in [-0.2, -0.15) is 4.57 Å². The van der Waals surface area contributed by atoms with Crippen molar-refractivity contribution in [3.63, 3.8) is 0 Å². The third kappa shape index (κ3) is 2.73. The highest BCUT2D eigenvalue weighted by Gasteiger charge is 2.54. The SMILES string of the molecule is CCCN1C(=O)C2C(=Nc3n(-c4ccc(OCC)cc4)c(C)c(C)[n+]32)N(C)C1=O. The predicted molar refractivity (Wildman–Crippen MR) is 108 cm³/mol. The van der Waals surface area contributed by atoms with Crippen molar-refractivity contribution in [2.24, 2.45) is 4.99 Å². The molecule has 0 bridgehead atoms. The average Bonchev–Trinajstić information content (AvgIpc) is 3.21. The number of amidine groups is 1. The van der Waals surface area contributed by atoms with E-state index in [0.29, 0.717) is 31.4 Å². The number of carbonyl (C=O) groups is 2. The molecule has 1 fully saturated rings. The number of hydrogen-bond donors (Lipinski definition) is 0. The van der Waals surface area contributed by atoms with Crippen LogP contribution >= 0.6 is 0 Å². The zero-order valence-corrected chi connectivity index (χ0v) is 17.5. The Morgan fingerprint density at radius 1 is 1.14 bits per heavy atom. The number of hydrogen-bond acceptors (Lipinski definition) is 4. The van der Waals surface area contributed by atoms with E-state index in [2.05, 4.69) is 0 Å². The molecule has 3 amide bonds. The summed E-state index contributed by atoms with van der Waals surface area (Å²) in [6.07, 6.45) is 0.716. The summed E-state index contributed by atoms with van der Waals surface area (Å²) in [5.74, 6) is 1.71. The maximum Gasteiger partial charge on any atom is 0.407 e. The van der Waals surface area contributed by atoms with Crippen LogP contribution < -0.4 is 9.30 Å². The van der Waals surface area contributed by atoms with Gasteiger partial charge in [0.1, 0.15) is 22.8 Å². The molecule has 0 spiro atoms. The summed E-state index contributed by atoms with van der Waals surface area (Å²) >= 11 is 0. The molecular weight excluding hydrogens is 370 g/mol. The fourth-order valence-electron chi connectivity index (χ4n) is 4.03. The van der Waals surface area contributed by atoms with Gasteiger partial charge >= 0.3 is 12.0 Å². The third-order valence-electron chi connectivity index (χ3n) is 5.57. The molecule has 29 heavy (non-hydrogen) atoms. The quantitative estimate of drug-likeness (QED) is 0.730. The highest BCUT2D eigenvalue weighted by atomic mass is 16.5. The third-order valence-corrected chi connectivity index (χ3v) is 5.57. The smallest absolute Gasteiger partial charge is 0.407 e. The van der Waals surface area contributed by atoms with Crippen LogP contribution in [0, 0.1) is 13.8 Å². The number of imide groups is 1. The first-order chi connectivity index (χ1) is 13.9. The molecule has 152 valence electrons. The standard InChI is InChI=1S/C21H26N5O3/c1-6-12-24-19(27)17-18(23(5)21(24)28)22-20-25(13(3)14(4)26(17)20)15-8-10-16(11-9-15)29-7-2/h8-11,17H,6-7,12H2,1-5H3/q+1. The molecule has 0 radical (unpaired) electrons.